The molecule has 0 saturated heterocycles. The summed E-state index contributed by atoms with van der Waals surface area (Å²) in [6.45, 7) is 4.15. The van der Waals surface area contributed by atoms with E-state index in [9.17, 15) is 4.79 Å². The summed E-state index contributed by atoms with van der Waals surface area (Å²) in [5.41, 5.74) is 1.66. The third kappa shape index (κ3) is 1.93. The first kappa shape index (κ1) is 12.0. The summed E-state index contributed by atoms with van der Waals surface area (Å²) in [6.07, 6.45) is 0. The Bertz CT molecular complexity index is 629. The van der Waals surface area contributed by atoms with Crippen molar-refractivity contribution in [3.05, 3.63) is 59.7 Å². The van der Waals surface area contributed by atoms with Crippen LogP contribution < -0.4 is 4.74 Å². The average Bonchev–Trinajstić information content (AvgIpc) is 2.53. The van der Waals surface area contributed by atoms with E-state index in [1.807, 2.05) is 48.5 Å². The second kappa shape index (κ2) is 4.54. The molecule has 0 N–H and O–H groups in total. The van der Waals surface area contributed by atoms with Crippen molar-refractivity contribution in [3.8, 4) is 11.5 Å². The zero-order valence-corrected chi connectivity index (χ0v) is 11.1. The predicted octanol–water partition coefficient (Wildman–Crippen LogP) is 4.41. The number of carbonyl (C=O) groups is 1. The lowest BCUT2D eigenvalue weighted by Crippen LogP contribution is -2.17. The van der Waals surface area contributed by atoms with Crippen LogP contribution in [0.25, 0.3) is 0 Å². The molecule has 0 amide bonds. The van der Waals surface area contributed by atoms with E-state index in [0.717, 1.165) is 11.3 Å². The lowest BCUT2D eigenvalue weighted by Gasteiger charge is -2.19. The second-order valence-corrected chi connectivity index (χ2v) is 5.22. The third-order valence-electron chi connectivity index (χ3n) is 3.58. The Morgan fingerprint density at radius 3 is 2.32 bits per heavy atom. The SMILES string of the molecule is CC(C)C1C(=O)c2ccccc2Oc2ccccc21. The largest absolute Gasteiger partial charge is 0.456 e. The number of para-hydroxylation sites is 2. The van der Waals surface area contributed by atoms with Gasteiger partial charge in [-0.1, -0.05) is 44.2 Å². The summed E-state index contributed by atoms with van der Waals surface area (Å²) in [7, 11) is 0. The number of rotatable bonds is 1. The fourth-order valence-corrected chi connectivity index (χ4v) is 2.68. The molecule has 0 bridgehead atoms. The molecule has 0 saturated carbocycles. The van der Waals surface area contributed by atoms with E-state index in [4.69, 9.17) is 4.74 Å². The highest BCUT2D eigenvalue weighted by atomic mass is 16.5. The molecule has 1 aliphatic rings. The number of ketones is 1. The van der Waals surface area contributed by atoms with Gasteiger partial charge in [0.05, 0.1) is 11.5 Å². The lowest BCUT2D eigenvalue weighted by molar-refractivity contribution is 0.0939. The molecular formula is C17H16O2. The van der Waals surface area contributed by atoms with Crippen LogP contribution in [0.15, 0.2) is 48.5 Å². The normalized spacial score (nSPS) is 17.4. The molecule has 19 heavy (non-hydrogen) atoms. The molecule has 96 valence electrons. The molecule has 0 radical (unpaired) electrons. The molecule has 0 aromatic heterocycles. The van der Waals surface area contributed by atoms with Gasteiger partial charge in [-0.3, -0.25) is 4.79 Å². The van der Waals surface area contributed by atoms with E-state index >= 15 is 0 Å². The van der Waals surface area contributed by atoms with E-state index in [2.05, 4.69) is 13.8 Å². The maximum Gasteiger partial charge on any atom is 0.174 e. The van der Waals surface area contributed by atoms with Gasteiger partial charge in [-0.15, -0.1) is 0 Å². The minimum Gasteiger partial charge on any atom is -0.456 e. The van der Waals surface area contributed by atoms with Crippen LogP contribution in [-0.2, 0) is 0 Å². The van der Waals surface area contributed by atoms with Crippen LogP contribution in [0.1, 0.15) is 35.7 Å². The maximum atomic E-state index is 12.8. The van der Waals surface area contributed by atoms with E-state index in [-0.39, 0.29) is 17.6 Å². The van der Waals surface area contributed by atoms with Gasteiger partial charge in [0.2, 0.25) is 0 Å². The Labute approximate surface area is 113 Å². The van der Waals surface area contributed by atoms with Crippen LogP contribution in [-0.4, -0.2) is 5.78 Å². The average molecular weight is 252 g/mol. The minimum atomic E-state index is -0.139. The second-order valence-electron chi connectivity index (χ2n) is 5.22. The number of carbonyl (C=O) groups excluding carboxylic acids is 1. The summed E-state index contributed by atoms with van der Waals surface area (Å²) in [5, 5.41) is 0. The summed E-state index contributed by atoms with van der Waals surface area (Å²) in [6, 6.07) is 15.3. The van der Waals surface area contributed by atoms with Crippen molar-refractivity contribution in [2.24, 2.45) is 5.92 Å². The number of hydrogen-bond donors (Lipinski definition) is 0. The number of Topliss-reactive ketones (excluding diaryl/α,β-unsaturated/α-hetero) is 1. The quantitative estimate of drug-likeness (QED) is 0.751. The number of ether oxygens (including phenoxy) is 1. The highest BCUT2D eigenvalue weighted by Crippen LogP contribution is 2.41. The van der Waals surface area contributed by atoms with Crippen molar-refractivity contribution in [3.63, 3.8) is 0 Å². The highest BCUT2D eigenvalue weighted by Gasteiger charge is 2.32. The van der Waals surface area contributed by atoms with Crippen LogP contribution in [0.3, 0.4) is 0 Å². The van der Waals surface area contributed by atoms with Gasteiger partial charge in [0.25, 0.3) is 0 Å². The Morgan fingerprint density at radius 2 is 1.58 bits per heavy atom. The first-order chi connectivity index (χ1) is 9.18. The van der Waals surface area contributed by atoms with Gasteiger partial charge in [0.1, 0.15) is 11.5 Å². The molecule has 2 heteroatoms. The van der Waals surface area contributed by atoms with E-state index in [1.54, 1.807) is 0 Å². The molecule has 3 rings (SSSR count). The summed E-state index contributed by atoms with van der Waals surface area (Å²) in [5.74, 6) is 1.70. The monoisotopic (exact) mass is 252 g/mol. The molecule has 2 nitrogen and oxygen atoms in total. The molecule has 0 fully saturated rings. The fraction of sp³-hybridized carbons (Fsp3) is 0.235. The Balaban J connectivity index is 2.24. The van der Waals surface area contributed by atoms with Gasteiger partial charge in [0, 0.05) is 5.56 Å². The van der Waals surface area contributed by atoms with Crippen molar-refractivity contribution >= 4 is 5.78 Å². The highest BCUT2D eigenvalue weighted by molar-refractivity contribution is 6.04. The topological polar surface area (TPSA) is 26.3 Å². The van der Waals surface area contributed by atoms with Gasteiger partial charge in [-0.25, -0.2) is 0 Å². The van der Waals surface area contributed by atoms with Crippen LogP contribution in [0, 0.1) is 5.92 Å². The molecule has 1 atom stereocenters. The van der Waals surface area contributed by atoms with Crippen molar-refractivity contribution < 1.29 is 9.53 Å². The Kier molecular flexibility index (Phi) is 2.86. The summed E-state index contributed by atoms with van der Waals surface area (Å²) in [4.78, 5) is 12.8. The first-order valence-electron chi connectivity index (χ1n) is 6.58. The number of fused-ring (bicyclic) bond motifs is 2. The van der Waals surface area contributed by atoms with Crippen molar-refractivity contribution in [2.45, 2.75) is 19.8 Å². The van der Waals surface area contributed by atoms with Crippen molar-refractivity contribution in [1.82, 2.24) is 0 Å². The lowest BCUT2D eigenvalue weighted by atomic mass is 9.82. The predicted molar refractivity (Wildman–Crippen MR) is 74.9 cm³/mol. The molecule has 0 spiro atoms. The molecule has 2 aromatic rings. The van der Waals surface area contributed by atoms with Crippen molar-refractivity contribution in [1.29, 1.82) is 0 Å². The fourth-order valence-electron chi connectivity index (χ4n) is 2.68. The van der Waals surface area contributed by atoms with Crippen LogP contribution in [0.5, 0.6) is 11.5 Å². The first-order valence-corrected chi connectivity index (χ1v) is 6.58. The van der Waals surface area contributed by atoms with Crippen LogP contribution in [0.2, 0.25) is 0 Å². The summed E-state index contributed by atoms with van der Waals surface area (Å²) >= 11 is 0. The summed E-state index contributed by atoms with van der Waals surface area (Å²) < 4.78 is 5.93. The molecule has 0 aliphatic carbocycles. The Morgan fingerprint density at radius 1 is 0.947 bits per heavy atom. The third-order valence-corrected chi connectivity index (χ3v) is 3.58. The molecule has 1 unspecified atom stereocenters. The minimum absolute atomic E-state index is 0.139. The molecular weight excluding hydrogens is 236 g/mol. The standard InChI is InChI=1S/C17H16O2/c1-11(2)16-12-7-3-5-9-14(12)19-15-10-6-4-8-13(15)17(16)18/h3-11,16H,1-2H3. The van der Waals surface area contributed by atoms with Gasteiger partial charge in [-0.2, -0.15) is 0 Å². The van der Waals surface area contributed by atoms with E-state index < -0.39 is 0 Å². The number of benzene rings is 2. The zero-order chi connectivity index (χ0) is 13.4. The maximum absolute atomic E-state index is 12.8. The smallest absolute Gasteiger partial charge is 0.174 e. The van der Waals surface area contributed by atoms with Gasteiger partial charge in [0.15, 0.2) is 5.78 Å². The van der Waals surface area contributed by atoms with Gasteiger partial charge >= 0.3 is 0 Å². The zero-order valence-electron chi connectivity index (χ0n) is 11.1. The molecule has 2 aromatic carbocycles. The van der Waals surface area contributed by atoms with Gasteiger partial charge < -0.3 is 4.74 Å². The molecule has 1 aliphatic heterocycles. The Hall–Kier alpha value is -2.09. The molecule has 1 heterocycles. The van der Waals surface area contributed by atoms with E-state index in [0.29, 0.717) is 11.3 Å². The van der Waals surface area contributed by atoms with Gasteiger partial charge in [-0.05, 0) is 24.1 Å². The van der Waals surface area contributed by atoms with Crippen LogP contribution >= 0.6 is 0 Å². The van der Waals surface area contributed by atoms with Crippen molar-refractivity contribution in [2.75, 3.05) is 0 Å². The number of hydrogen-bond acceptors (Lipinski definition) is 2. The van der Waals surface area contributed by atoms with Crippen LogP contribution in [0.4, 0.5) is 0 Å². The van der Waals surface area contributed by atoms with E-state index in [1.165, 1.54) is 0 Å².